The molecule has 3 rings (SSSR count). The van der Waals surface area contributed by atoms with Gasteiger partial charge >= 0.3 is 6.61 Å². The second kappa shape index (κ2) is 7.53. The second-order valence-corrected chi connectivity index (χ2v) is 6.35. The summed E-state index contributed by atoms with van der Waals surface area (Å²) in [6.07, 6.45) is 3.69. The van der Waals surface area contributed by atoms with Crippen LogP contribution in [0.15, 0.2) is 23.2 Å². The Kier molecular flexibility index (Phi) is 5.40. The van der Waals surface area contributed by atoms with Gasteiger partial charge in [-0.15, -0.1) is 0 Å². The van der Waals surface area contributed by atoms with Crippen molar-refractivity contribution in [1.29, 1.82) is 0 Å². The summed E-state index contributed by atoms with van der Waals surface area (Å²) in [5, 5.41) is 6.90. The molecule has 0 spiro atoms. The molecule has 2 N–H and O–H groups in total. The number of hydrogen-bond acceptors (Lipinski definition) is 3. The fourth-order valence-electron chi connectivity index (χ4n) is 3.24. The Morgan fingerprint density at radius 2 is 2.29 bits per heavy atom. The number of ether oxygens (including phenoxy) is 2. The second-order valence-electron chi connectivity index (χ2n) is 5.92. The molecule has 2 aliphatic rings. The molecule has 0 radical (unpaired) electrons. The molecule has 0 aromatic heterocycles. The molecule has 3 atom stereocenters. The highest BCUT2D eigenvalue weighted by Crippen LogP contribution is 2.34. The summed E-state index contributed by atoms with van der Waals surface area (Å²) in [6.45, 7) is -2.61. The van der Waals surface area contributed by atoms with E-state index in [-0.39, 0.29) is 24.4 Å². The van der Waals surface area contributed by atoms with E-state index in [0.29, 0.717) is 22.6 Å². The van der Waals surface area contributed by atoms with Crippen LogP contribution in [0, 0.1) is 0 Å². The van der Waals surface area contributed by atoms with Crippen LogP contribution in [0.5, 0.6) is 5.75 Å². The average Bonchev–Trinajstić information content (AvgIpc) is 3.16. The number of hydrogen-bond donors (Lipinski definition) is 2. The van der Waals surface area contributed by atoms with Crippen molar-refractivity contribution in [1.82, 2.24) is 10.6 Å². The van der Waals surface area contributed by atoms with Gasteiger partial charge in [0.05, 0.1) is 18.2 Å². The van der Waals surface area contributed by atoms with Crippen molar-refractivity contribution >= 4 is 17.6 Å². The first-order valence-corrected chi connectivity index (χ1v) is 8.29. The summed E-state index contributed by atoms with van der Waals surface area (Å²) < 4.78 is 35.3. The molecule has 3 unspecified atom stereocenters. The van der Waals surface area contributed by atoms with Crippen molar-refractivity contribution in [3.05, 3.63) is 28.8 Å². The zero-order chi connectivity index (χ0) is 17.1. The third-order valence-corrected chi connectivity index (χ3v) is 4.57. The fraction of sp³-hybridized carbons (Fsp3) is 0.562. The van der Waals surface area contributed by atoms with Crippen LogP contribution < -0.4 is 15.4 Å². The summed E-state index contributed by atoms with van der Waals surface area (Å²) in [5.74, 6) is 0.694. The topological polar surface area (TPSA) is 54.9 Å². The van der Waals surface area contributed by atoms with Crippen molar-refractivity contribution in [2.24, 2.45) is 4.99 Å². The lowest BCUT2D eigenvalue weighted by molar-refractivity contribution is -0.0504. The summed E-state index contributed by atoms with van der Waals surface area (Å²) in [7, 11) is 1.66. The Morgan fingerprint density at radius 3 is 2.92 bits per heavy atom. The van der Waals surface area contributed by atoms with Gasteiger partial charge in [0.15, 0.2) is 5.96 Å². The van der Waals surface area contributed by atoms with E-state index in [1.54, 1.807) is 13.1 Å². The maximum absolute atomic E-state index is 12.5. The van der Waals surface area contributed by atoms with E-state index in [4.69, 9.17) is 16.3 Å². The van der Waals surface area contributed by atoms with Gasteiger partial charge in [-0.2, -0.15) is 8.78 Å². The number of fused-ring (bicyclic) bond motifs is 2. The molecule has 24 heavy (non-hydrogen) atoms. The quantitative estimate of drug-likeness (QED) is 0.627. The van der Waals surface area contributed by atoms with Crippen molar-refractivity contribution in [2.45, 2.75) is 50.7 Å². The van der Waals surface area contributed by atoms with Gasteiger partial charge < -0.3 is 20.1 Å². The van der Waals surface area contributed by atoms with Crippen molar-refractivity contribution in [3.8, 4) is 5.75 Å². The van der Waals surface area contributed by atoms with Gasteiger partial charge in [-0.1, -0.05) is 11.6 Å². The van der Waals surface area contributed by atoms with E-state index >= 15 is 0 Å². The number of benzene rings is 1. The Morgan fingerprint density at radius 1 is 1.46 bits per heavy atom. The first kappa shape index (κ1) is 17.2. The van der Waals surface area contributed by atoms with E-state index in [1.807, 2.05) is 0 Å². The molecule has 2 heterocycles. The first-order chi connectivity index (χ1) is 11.5. The maximum atomic E-state index is 12.5. The molecule has 2 bridgehead atoms. The Bertz CT molecular complexity index is 615. The third kappa shape index (κ3) is 4.08. The molecule has 8 heteroatoms. The fourth-order valence-corrected chi connectivity index (χ4v) is 3.43. The molecule has 0 saturated carbocycles. The lowest BCUT2D eigenvalue weighted by Gasteiger charge is -2.23. The largest absolute Gasteiger partial charge is 0.434 e. The van der Waals surface area contributed by atoms with E-state index < -0.39 is 6.61 Å². The predicted octanol–water partition coefficient (Wildman–Crippen LogP) is 2.93. The molecule has 0 amide bonds. The Labute approximate surface area is 144 Å². The standard InChI is InChI=1S/C16H20ClF2N3O2/c1-20-16(22-12-7-11-3-5-14(12)23-11)21-8-9-6-10(17)2-4-13(9)24-15(18)19/h2,4,6,11-12,14-15H,3,5,7-8H2,1H3,(H2,20,21,22). The number of nitrogens with zero attached hydrogens (tertiary/aromatic N) is 1. The maximum Gasteiger partial charge on any atom is 0.387 e. The first-order valence-electron chi connectivity index (χ1n) is 7.91. The van der Waals surface area contributed by atoms with Crippen LogP contribution in [0.3, 0.4) is 0 Å². The number of halogens is 3. The SMILES string of the molecule is CN=C(NCc1cc(Cl)ccc1OC(F)F)NC1CC2CCC1O2. The van der Waals surface area contributed by atoms with Gasteiger partial charge in [0, 0.05) is 24.2 Å². The van der Waals surface area contributed by atoms with Gasteiger partial charge in [0.1, 0.15) is 5.75 Å². The lowest BCUT2D eigenvalue weighted by Crippen LogP contribution is -2.47. The van der Waals surface area contributed by atoms with Gasteiger partial charge in [-0.05, 0) is 37.5 Å². The molecule has 5 nitrogen and oxygen atoms in total. The van der Waals surface area contributed by atoms with Gasteiger partial charge in [0.25, 0.3) is 0 Å². The summed E-state index contributed by atoms with van der Waals surface area (Å²) >= 11 is 5.95. The minimum absolute atomic E-state index is 0.0978. The third-order valence-electron chi connectivity index (χ3n) is 4.34. The molecule has 1 aromatic carbocycles. The van der Waals surface area contributed by atoms with Crippen LogP contribution in [0.2, 0.25) is 5.02 Å². The summed E-state index contributed by atoms with van der Waals surface area (Å²) in [5.41, 5.74) is 0.537. The monoisotopic (exact) mass is 359 g/mol. The normalized spacial score (nSPS) is 26.0. The molecule has 0 aliphatic carbocycles. The molecule has 1 aromatic rings. The summed E-state index contributed by atoms with van der Waals surface area (Å²) in [4.78, 5) is 4.18. The van der Waals surface area contributed by atoms with Crippen LogP contribution in [0.25, 0.3) is 0 Å². The van der Waals surface area contributed by atoms with E-state index in [2.05, 4.69) is 20.4 Å². The smallest absolute Gasteiger partial charge is 0.387 e. The van der Waals surface area contributed by atoms with Gasteiger partial charge in [-0.3, -0.25) is 4.99 Å². The van der Waals surface area contributed by atoms with Crippen molar-refractivity contribution in [2.75, 3.05) is 7.05 Å². The molecule has 2 aliphatic heterocycles. The number of rotatable bonds is 5. The highest BCUT2D eigenvalue weighted by molar-refractivity contribution is 6.30. The Hall–Kier alpha value is -1.60. The number of guanidine groups is 1. The van der Waals surface area contributed by atoms with Crippen LogP contribution in [-0.2, 0) is 11.3 Å². The zero-order valence-corrected chi connectivity index (χ0v) is 14.0. The number of aliphatic imine (C=N–C) groups is 1. The van der Waals surface area contributed by atoms with Crippen LogP contribution in [0.1, 0.15) is 24.8 Å². The highest BCUT2D eigenvalue weighted by atomic mass is 35.5. The summed E-state index contributed by atoms with van der Waals surface area (Å²) in [6, 6.07) is 4.78. The molecule has 2 fully saturated rings. The van der Waals surface area contributed by atoms with Gasteiger partial charge in [0.2, 0.25) is 0 Å². The minimum atomic E-state index is -2.88. The average molecular weight is 360 g/mol. The number of nitrogens with one attached hydrogen (secondary N) is 2. The van der Waals surface area contributed by atoms with Crippen LogP contribution in [0.4, 0.5) is 8.78 Å². The van der Waals surface area contributed by atoms with Crippen molar-refractivity contribution < 1.29 is 18.3 Å². The van der Waals surface area contributed by atoms with E-state index in [1.165, 1.54) is 12.1 Å². The predicted molar refractivity (Wildman–Crippen MR) is 87.7 cm³/mol. The molecule has 2 saturated heterocycles. The number of alkyl halides is 2. The minimum Gasteiger partial charge on any atom is -0.434 e. The lowest BCUT2D eigenvalue weighted by atomic mass is 9.96. The Balaban J connectivity index is 1.60. The van der Waals surface area contributed by atoms with Crippen molar-refractivity contribution in [3.63, 3.8) is 0 Å². The van der Waals surface area contributed by atoms with Crippen LogP contribution >= 0.6 is 11.6 Å². The molecule has 132 valence electrons. The van der Waals surface area contributed by atoms with Crippen LogP contribution in [-0.4, -0.2) is 37.9 Å². The highest BCUT2D eigenvalue weighted by Gasteiger charge is 2.41. The van der Waals surface area contributed by atoms with E-state index in [9.17, 15) is 8.78 Å². The molecular formula is C16H20ClF2N3O2. The van der Waals surface area contributed by atoms with E-state index in [0.717, 1.165) is 19.3 Å². The van der Waals surface area contributed by atoms with Gasteiger partial charge in [-0.25, -0.2) is 0 Å². The molecular weight excluding hydrogens is 340 g/mol. The zero-order valence-electron chi connectivity index (χ0n) is 13.3.